The number of halogens is 2. The van der Waals surface area contributed by atoms with Crippen molar-refractivity contribution in [3.63, 3.8) is 0 Å². The summed E-state index contributed by atoms with van der Waals surface area (Å²) >= 11 is 3.63. The summed E-state index contributed by atoms with van der Waals surface area (Å²) in [6.07, 6.45) is 9.11. The van der Waals surface area contributed by atoms with Gasteiger partial charge in [-0.1, -0.05) is 40.2 Å². The molecule has 3 nitrogen and oxygen atoms in total. The second-order valence-electron chi connectivity index (χ2n) is 5.98. The Bertz CT molecular complexity index is 737. The molecule has 1 atom stereocenters. The van der Waals surface area contributed by atoms with Gasteiger partial charge in [-0.3, -0.25) is 0 Å². The van der Waals surface area contributed by atoms with Crippen LogP contribution in [0.3, 0.4) is 0 Å². The Hall–Kier alpha value is -0.980. The molecule has 1 fully saturated rings. The SMILES string of the molecule is O=S(=O)(c1cccc(F)c1)N1CCC(C2C=CCC=C2Br)CC1. The fourth-order valence-corrected chi connectivity index (χ4v) is 5.48. The zero-order chi connectivity index (χ0) is 16.4. The molecule has 0 N–H and O–H groups in total. The van der Waals surface area contributed by atoms with E-state index in [2.05, 4.69) is 34.2 Å². The van der Waals surface area contributed by atoms with Crippen molar-refractivity contribution in [1.82, 2.24) is 4.31 Å². The van der Waals surface area contributed by atoms with Gasteiger partial charge in [0.2, 0.25) is 10.0 Å². The summed E-state index contributed by atoms with van der Waals surface area (Å²) in [4.78, 5) is 0.0367. The normalized spacial score (nSPS) is 23.7. The molecule has 0 radical (unpaired) electrons. The maximum atomic E-state index is 13.3. The fourth-order valence-electron chi connectivity index (χ4n) is 3.27. The Balaban J connectivity index is 1.70. The van der Waals surface area contributed by atoms with E-state index >= 15 is 0 Å². The highest BCUT2D eigenvalue weighted by Gasteiger charge is 2.33. The maximum Gasteiger partial charge on any atom is 0.243 e. The third-order valence-electron chi connectivity index (χ3n) is 4.55. The third kappa shape index (κ3) is 3.59. The zero-order valence-electron chi connectivity index (χ0n) is 12.7. The van der Waals surface area contributed by atoms with E-state index in [1.807, 2.05) is 0 Å². The molecule has 23 heavy (non-hydrogen) atoms. The highest BCUT2D eigenvalue weighted by Crippen LogP contribution is 2.37. The van der Waals surface area contributed by atoms with Crippen LogP contribution >= 0.6 is 15.9 Å². The van der Waals surface area contributed by atoms with Gasteiger partial charge < -0.3 is 0 Å². The molecule has 0 bridgehead atoms. The van der Waals surface area contributed by atoms with Crippen molar-refractivity contribution >= 4 is 26.0 Å². The average molecular weight is 400 g/mol. The summed E-state index contributed by atoms with van der Waals surface area (Å²) in [5.41, 5.74) is 0. The summed E-state index contributed by atoms with van der Waals surface area (Å²) in [6.45, 7) is 0.961. The highest BCUT2D eigenvalue weighted by molar-refractivity contribution is 9.11. The van der Waals surface area contributed by atoms with Crippen LogP contribution in [0.4, 0.5) is 4.39 Å². The fraction of sp³-hybridized carbons (Fsp3) is 0.412. The predicted octanol–water partition coefficient (Wildman–Crippen LogP) is 4.08. The summed E-state index contributed by atoms with van der Waals surface area (Å²) in [6, 6.07) is 5.23. The molecule has 1 heterocycles. The number of rotatable bonds is 3. The second-order valence-corrected chi connectivity index (χ2v) is 8.83. The monoisotopic (exact) mass is 399 g/mol. The second kappa shape index (κ2) is 6.87. The number of sulfonamides is 1. The number of hydrogen-bond acceptors (Lipinski definition) is 2. The van der Waals surface area contributed by atoms with Gasteiger partial charge in [0.05, 0.1) is 4.90 Å². The number of hydrogen-bond donors (Lipinski definition) is 0. The average Bonchev–Trinajstić information content (AvgIpc) is 2.55. The number of nitrogens with zero attached hydrogens (tertiary/aromatic N) is 1. The molecule has 1 aliphatic heterocycles. The van der Waals surface area contributed by atoms with E-state index in [0.29, 0.717) is 24.9 Å². The van der Waals surface area contributed by atoms with Crippen molar-refractivity contribution in [2.24, 2.45) is 11.8 Å². The van der Waals surface area contributed by atoms with Gasteiger partial charge in [-0.05, 0) is 47.9 Å². The summed E-state index contributed by atoms with van der Waals surface area (Å²) in [5, 5.41) is 0. The predicted molar refractivity (Wildman–Crippen MR) is 92.1 cm³/mol. The Morgan fingerprint density at radius 1 is 1.22 bits per heavy atom. The van der Waals surface area contributed by atoms with Crippen molar-refractivity contribution < 1.29 is 12.8 Å². The minimum absolute atomic E-state index is 0.0367. The van der Waals surface area contributed by atoms with Crippen LogP contribution in [0, 0.1) is 17.7 Å². The Kier molecular flexibility index (Phi) is 5.04. The molecule has 1 saturated heterocycles. The van der Waals surface area contributed by atoms with Gasteiger partial charge in [-0.25, -0.2) is 12.8 Å². The first-order valence-corrected chi connectivity index (χ1v) is 10.00. The van der Waals surface area contributed by atoms with E-state index in [-0.39, 0.29) is 4.90 Å². The number of benzene rings is 1. The Morgan fingerprint density at radius 2 is 1.96 bits per heavy atom. The smallest absolute Gasteiger partial charge is 0.207 e. The van der Waals surface area contributed by atoms with E-state index in [1.165, 1.54) is 27.0 Å². The molecule has 6 heteroatoms. The van der Waals surface area contributed by atoms with Gasteiger partial charge in [-0.15, -0.1) is 0 Å². The van der Waals surface area contributed by atoms with E-state index in [4.69, 9.17) is 0 Å². The molecule has 1 aromatic rings. The first kappa shape index (κ1) is 16.9. The molecule has 0 amide bonds. The largest absolute Gasteiger partial charge is 0.243 e. The molecular weight excluding hydrogens is 381 g/mol. The molecule has 1 unspecified atom stereocenters. The molecule has 1 aromatic carbocycles. The minimum Gasteiger partial charge on any atom is -0.207 e. The summed E-state index contributed by atoms with van der Waals surface area (Å²) < 4.78 is 41.2. The van der Waals surface area contributed by atoms with Crippen LogP contribution in [-0.4, -0.2) is 25.8 Å². The van der Waals surface area contributed by atoms with Crippen LogP contribution in [0.25, 0.3) is 0 Å². The lowest BCUT2D eigenvalue weighted by Crippen LogP contribution is -2.40. The standard InChI is InChI=1S/C17H19BrFNO2S/c18-17-7-2-1-6-16(17)13-8-10-20(11-9-13)23(21,22)15-5-3-4-14(19)12-15/h1,3-7,12-13,16H,2,8-11H2. The molecule has 0 spiro atoms. The van der Waals surface area contributed by atoms with Gasteiger partial charge in [0, 0.05) is 19.0 Å². The van der Waals surface area contributed by atoms with Gasteiger partial charge >= 0.3 is 0 Å². The quantitative estimate of drug-likeness (QED) is 0.717. The topological polar surface area (TPSA) is 37.4 Å². The van der Waals surface area contributed by atoms with E-state index in [1.54, 1.807) is 0 Å². The van der Waals surface area contributed by atoms with Crippen molar-refractivity contribution in [2.75, 3.05) is 13.1 Å². The summed E-state index contributed by atoms with van der Waals surface area (Å²) in [5.74, 6) is 0.265. The summed E-state index contributed by atoms with van der Waals surface area (Å²) in [7, 11) is -3.60. The first-order valence-electron chi connectivity index (χ1n) is 7.76. The maximum absolute atomic E-state index is 13.3. The van der Waals surface area contributed by atoms with Crippen molar-refractivity contribution in [1.29, 1.82) is 0 Å². The molecule has 2 aliphatic rings. The van der Waals surface area contributed by atoms with Crippen LogP contribution in [-0.2, 0) is 10.0 Å². The van der Waals surface area contributed by atoms with Crippen LogP contribution in [0.5, 0.6) is 0 Å². The zero-order valence-corrected chi connectivity index (χ0v) is 15.1. The van der Waals surface area contributed by atoms with E-state index in [0.717, 1.165) is 25.3 Å². The Labute approximate surface area is 145 Å². The minimum atomic E-state index is -3.60. The van der Waals surface area contributed by atoms with Gasteiger partial charge in [0.25, 0.3) is 0 Å². The van der Waals surface area contributed by atoms with Crippen LogP contribution < -0.4 is 0 Å². The lowest BCUT2D eigenvalue weighted by molar-refractivity contribution is 0.248. The van der Waals surface area contributed by atoms with Gasteiger partial charge in [0.15, 0.2) is 0 Å². The van der Waals surface area contributed by atoms with Crippen LogP contribution in [0.15, 0.2) is 51.9 Å². The first-order chi connectivity index (χ1) is 11.0. The molecule has 3 rings (SSSR count). The van der Waals surface area contributed by atoms with Crippen LogP contribution in [0.2, 0.25) is 0 Å². The molecule has 124 valence electrons. The number of allylic oxidation sites excluding steroid dienone is 4. The molecule has 0 saturated carbocycles. The van der Waals surface area contributed by atoms with E-state index in [9.17, 15) is 12.8 Å². The third-order valence-corrected chi connectivity index (χ3v) is 7.30. The van der Waals surface area contributed by atoms with Gasteiger partial charge in [0.1, 0.15) is 5.82 Å². The lowest BCUT2D eigenvalue weighted by atomic mass is 9.83. The van der Waals surface area contributed by atoms with Gasteiger partial charge in [-0.2, -0.15) is 4.31 Å². The molecule has 1 aliphatic carbocycles. The Morgan fingerprint density at radius 3 is 2.61 bits per heavy atom. The van der Waals surface area contributed by atoms with Crippen molar-refractivity contribution in [3.8, 4) is 0 Å². The highest BCUT2D eigenvalue weighted by atomic mass is 79.9. The molecular formula is C17H19BrFNO2S. The van der Waals surface area contributed by atoms with Crippen molar-refractivity contribution in [2.45, 2.75) is 24.2 Å². The van der Waals surface area contributed by atoms with Crippen LogP contribution in [0.1, 0.15) is 19.3 Å². The van der Waals surface area contributed by atoms with Crippen molar-refractivity contribution in [3.05, 3.63) is 52.8 Å². The lowest BCUT2D eigenvalue weighted by Gasteiger charge is -2.35. The number of piperidine rings is 1. The van der Waals surface area contributed by atoms with E-state index < -0.39 is 15.8 Å². The molecule has 0 aromatic heterocycles.